The Morgan fingerprint density at radius 2 is 1.83 bits per heavy atom. The first-order chi connectivity index (χ1) is 21.7. The highest BCUT2D eigenvalue weighted by molar-refractivity contribution is 7.90. The Bertz CT molecular complexity index is 1620. The summed E-state index contributed by atoms with van der Waals surface area (Å²) < 4.78 is 64.3. The summed E-state index contributed by atoms with van der Waals surface area (Å²) in [4.78, 5) is 26.3. The zero-order valence-corrected chi connectivity index (χ0v) is 27.9. The van der Waals surface area contributed by atoms with Crippen molar-refractivity contribution in [3.05, 3.63) is 53.3 Å². The normalized spacial score (nSPS) is 26.0. The van der Waals surface area contributed by atoms with Gasteiger partial charge in [0, 0.05) is 30.5 Å². The highest BCUT2D eigenvalue weighted by Gasteiger charge is 2.55. The number of ether oxygens (including phenoxy) is 1. The second kappa shape index (κ2) is 12.3. The molecule has 7 nitrogen and oxygen atoms in total. The molecule has 0 unspecified atom stereocenters. The molecule has 250 valence electrons. The van der Waals surface area contributed by atoms with E-state index in [1.54, 1.807) is 32.0 Å². The van der Waals surface area contributed by atoms with E-state index in [0.717, 1.165) is 44.9 Å². The fraction of sp³-hybridized carbons (Fsp3) is 0.611. The van der Waals surface area contributed by atoms with Gasteiger partial charge in [0.2, 0.25) is 15.9 Å². The van der Waals surface area contributed by atoms with E-state index >= 15 is 8.78 Å². The maximum absolute atomic E-state index is 15.7. The molecule has 1 saturated heterocycles. The van der Waals surface area contributed by atoms with Crippen LogP contribution in [-0.4, -0.2) is 49.7 Å². The van der Waals surface area contributed by atoms with Crippen LogP contribution in [0, 0.1) is 11.7 Å². The number of halogens is 2. The topological polar surface area (TPSA) is 102 Å². The smallest absolute Gasteiger partial charge is 0.243 e. The number of sulfonamides is 1. The largest absolute Gasteiger partial charge is 0.490 e. The lowest BCUT2D eigenvalue weighted by Crippen LogP contribution is -2.46. The van der Waals surface area contributed by atoms with Crippen molar-refractivity contribution >= 4 is 21.7 Å². The molecule has 2 aromatic rings. The van der Waals surface area contributed by atoms with Gasteiger partial charge >= 0.3 is 0 Å². The fourth-order valence-electron chi connectivity index (χ4n) is 7.68. The lowest BCUT2D eigenvalue weighted by Gasteiger charge is -2.38. The number of alkyl halides is 1. The number of hydrogen-bond acceptors (Lipinski definition) is 6. The number of Topliss-reactive ketones (excluding diaryl/α,β-unsaturated/α-hetero) is 1. The number of rotatable bonds is 11. The van der Waals surface area contributed by atoms with E-state index in [2.05, 4.69) is 10.0 Å². The number of nitrogens with one attached hydrogen (secondary N) is 2. The van der Waals surface area contributed by atoms with Crippen molar-refractivity contribution < 1.29 is 31.5 Å². The van der Waals surface area contributed by atoms with E-state index in [1.807, 2.05) is 12.1 Å². The molecule has 3 atom stereocenters. The third-order valence-corrected chi connectivity index (χ3v) is 12.4. The van der Waals surface area contributed by atoms with Gasteiger partial charge in [-0.1, -0.05) is 24.6 Å². The molecule has 6 rings (SSSR count). The van der Waals surface area contributed by atoms with Crippen LogP contribution in [0.1, 0.15) is 108 Å². The number of benzene rings is 2. The number of amides is 1. The van der Waals surface area contributed by atoms with Crippen molar-refractivity contribution in [3.8, 4) is 16.9 Å². The van der Waals surface area contributed by atoms with Gasteiger partial charge in [-0.3, -0.25) is 14.3 Å². The first-order valence-electron chi connectivity index (χ1n) is 16.9. The highest BCUT2D eigenvalue weighted by atomic mass is 32.2. The molecular weight excluding hydrogens is 610 g/mol. The molecule has 10 heteroatoms. The summed E-state index contributed by atoms with van der Waals surface area (Å²) in [6, 6.07) is 10.4. The Morgan fingerprint density at radius 3 is 2.46 bits per heavy atom. The van der Waals surface area contributed by atoms with Crippen molar-refractivity contribution in [3.63, 3.8) is 0 Å². The molecule has 0 radical (unpaired) electrons. The monoisotopic (exact) mass is 656 g/mol. The molecule has 3 saturated carbocycles. The van der Waals surface area contributed by atoms with Crippen LogP contribution < -0.4 is 14.8 Å². The molecule has 2 N–H and O–H groups in total. The van der Waals surface area contributed by atoms with Crippen LogP contribution in [0.25, 0.3) is 11.1 Å². The predicted molar refractivity (Wildman–Crippen MR) is 173 cm³/mol. The molecule has 4 aliphatic rings. The summed E-state index contributed by atoms with van der Waals surface area (Å²) in [5, 5.41) is 3.29. The standard InChI is InChI=1S/C36H46F2N2O5S/c1-4-46(43,44)40-33(42)34(2,3)25-13-15-30(28(20-25)27-10-6-11-29(37)32(27)24-8-5-9-24)45-26-14-12-23(18-26)19-31(41)36(38)21-35(39-22-36)16-7-17-35/h6,10-11,13,15,20,23-24,26,39H,4-5,7-9,12,14,16-19,21-22H2,1-3H3,(H,40,42)/t23-,26-,36-/m1/s1. The van der Waals surface area contributed by atoms with E-state index in [4.69, 9.17) is 4.74 Å². The third-order valence-electron chi connectivity index (χ3n) is 11.2. The molecule has 3 aliphatic carbocycles. The first kappa shape index (κ1) is 33.1. The predicted octanol–water partition coefficient (Wildman–Crippen LogP) is 6.63. The van der Waals surface area contributed by atoms with Crippen LogP contribution in [0.15, 0.2) is 36.4 Å². The summed E-state index contributed by atoms with van der Waals surface area (Å²) in [5.74, 6) is -0.824. The van der Waals surface area contributed by atoms with Gasteiger partial charge in [-0.15, -0.1) is 0 Å². The number of carbonyl (C=O) groups is 2. The van der Waals surface area contributed by atoms with Crippen molar-refractivity contribution in [1.82, 2.24) is 10.0 Å². The summed E-state index contributed by atoms with van der Waals surface area (Å²) in [6.07, 6.45) is 8.08. The van der Waals surface area contributed by atoms with Crippen LogP contribution in [0.5, 0.6) is 5.75 Å². The number of ketones is 1. The van der Waals surface area contributed by atoms with Crippen LogP contribution in [-0.2, 0) is 25.0 Å². The fourth-order valence-corrected chi connectivity index (χ4v) is 8.36. The van der Waals surface area contributed by atoms with Crippen LogP contribution in [0.3, 0.4) is 0 Å². The Labute approximate surface area is 271 Å². The quantitative estimate of drug-likeness (QED) is 0.282. The lowest BCUT2D eigenvalue weighted by atomic mass is 9.73. The van der Waals surface area contributed by atoms with Crippen molar-refractivity contribution in [2.75, 3.05) is 12.3 Å². The summed E-state index contributed by atoms with van der Waals surface area (Å²) in [5.41, 5.74) is -0.668. The van der Waals surface area contributed by atoms with E-state index in [0.29, 0.717) is 40.8 Å². The SMILES string of the molecule is CCS(=O)(=O)NC(=O)C(C)(C)c1ccc(O[C@@H]2CC[C@@H](CC(=O)[C@]3(F)CNC4(CCC4)C3)C2)c(-c2cccc(F)c2C2CCC2)c1. The molecule has 2 aromatic carbocycles. The second-order valence-electron chi connectivity index (χ2n) is 14.7. The first-order valence-corrected chi connectivity index (χ1v) is 18.5. The number of hydrogen-bond donors (Lipinski definition) is 2. The Kier molecular flexibility index (Phi) is 8.85. The van der Waals surface area contributed by atoms with Gasteiger partial charge in [0.25, 0.3) is 0 Å². The maximum atomic E-state index is 15.7. The Hall–Kier alpha value is -2.85. The average Bonchev–Trinajstić information content (AvgIpc) is 3.58. The Balaban J connectivity index is 1.25. The maximum Gasteiger partial charge on any atom is 0.243 e. The molecule has 1 spiro atoms. The van der Waals surface area contributed by atoms with Gasteiger partial charge in [-0.2, -0.15) is 0 Å². The van der Waals surface area contributed by atoms with Gasteiger partial charge in [-0.05, 0) is 119 Å². The summed E-state index contributed by atoms with van der Waals surface area (Å²) in [6.45, 7) is 4.89. The molecular formula is C36H46F2N2O5S. The lowest BCUT2D eigenvalue weighted by molar-refractivity contribution is -0.131. The molecule has 0 aromatic heterocycles. The van der Waals surface area contributed by atoms with Gasteiger partial charge in [-0.25, -0.2) is 17.2 Å². The molecule has 1 heterocycles. The van der Waals surface area contributed by atoms with Gasteiger partial charge in [0.05, 0.1) is 17.3 Å². The minimum absolute atomic E-state index is 0.0219. The zero-order valence-electron chi connectivity index (χ0n) is 27.1. The molecule has 1 amide bonds. The molecule has 0 bridgehead atoms. The van der Waals surface area contributed by atoms with E-state index in [-0.39, 0.29) is 60.2 Å². The van der Waals surface area contributed by atoms with Crippen molar-refractivity contribution in [2.24, 2.45) is 5.92 Å². The third kappa shape index (κ3) is 6.36. The van der Waals surface area contributed by atoms with Gasteiger partial charge in [0.1, 0.15) is 11.6 Å². The van der Waals surface area contributed by atoms with Crippen molar-refractivity contribution in [2.45, 2.75) is 120 Å². The zero-order chi connectivity index (χ0) is 32.9. The highest BCUT2D eigenvalue weighted by Crippen LogP contribution is 2.48. The molecule has 1 aliphatic heterocycles. The second-order valence-corrected chi connectivity index (χ2v) is 16.7. The van der Waals surface area contributed by atoms with Crippen LogP contribution in [0.2, 0.25) is 0 Å². The summed E-state index contributed by atoms with van der Waals surface area (Å²) in [7, 11) is -3.77. The van der Waals surface area contributed by atoms with Crippen LogP contribution in [0.4, 0.5) is 8.78 Å². The van der Waals surface area contributed by atoms with Gasteiger partial charge < -0.3 is 10.1 Å². The Morgan fingerprint density at radius 1 is 1.07 bits per heavy atom. The summed E-state index contributed by atoms with van der Waals surface area (Å²) >= 11 is 0. The van der Waals surface area contributed by atoms with E-state index in [1.165, 1.54) is 13.0 Å². The van der Waals surface area contributed by atoms with Crippen molar-refractivity contribution in [1.29, 1.82) is 0 Å². The minimum Gasteiger partial charge on any atom is -0.490 e. The average molecular weight is 657 g/mol. The van der Waals surface area contributed by atoms with Crippen LogP contribution >= 0.6 is 0 Å². The number of carbonyl (C=O) groups excluding carboxylic acids is 2. The van der Waals surface area contributed by atoms with E-state index in [9.17, 15) is 18.0 Å². The van der Waals surface area contributed by atoms with E-state index < -0.39 is 27.0 Å². The minimum atomic E-state index is -3.77. The molecule has 46 heavy (non-hydrogen) atoms. The molecule has 4 fully saturated rings. The van der Waals surface area contributed by atoms with Gasteiger partial charge in [0.15, 0.2) is 11.5 Å².